The highest BCUT2D eigenvalue weighted by Gasteiger charge is 2.55. The number of rotatable bonds is 3. The van der Waals surface area contributed by atoms with Gasteiger partial charge in [-0.1, -0.05) is 30.3 Å². The number of imide groups is 1. The molecule has 166 valence electrons. The smallest absolute Gasteiger partial charge is 0.322 e. The number of fused-ring (bicyclic) bond motifs is 2. The predicted molar refractivity (Wildman–Crippen MR) is 113 cm³/mol. The maximum absolute atomic E-state index is 13.9. The first-order chi connectivity index (χ1) is 15.4. The lowest BCUT2D eigenvalue weighted by Crippen LogP contribution is -2.55. The summed E-state index contributed by atoms with van der Waals surface area (Å²) in [5.41, 5.74) is 0.00626. The van der Waals surface area contributed by atoms with Crippen molar-refractivity contribution in [3.8, 4) is 5.75 Å². The maximum Gasteiger partial charge on any atom is 0.322 e. The van der Waals surface area contributed by atoms with Gasteiger partial charge in [0.05, 0.1) is 0 Å². The zero-order valence-electron chi connectivity index (χ0n) is 17.5. The summed E-state index contributed by atoms with van der Waals surface area (Å²) in [6.45, 7) is 1.22. The molecule has 1 spiro atoms. The highest BCUT2D eigenvalue weighted by Crippen LogP contribution is 2.42. The van der Waals surface area contributed by atoms with Crippen molar-refractivity contribution in [2.75, 3.05) is 13.1 Å². The minimum atomic E-state index is -1.52. The van der Waals surface area contributed by atoms with Gasteiger partial charge in [0.2, 0.25) is 0 Å². The standard InChI is InChI=1S/C24H24FN3O4/c25-17-6-7-19-18(13-17)24(22(30)26-23(31)27-24)14-20(32-19)21(29)28-10-8-16(9-11-28)12-15-4-2-1-3-5-15/h1-7,13,16,20H,8-12,14H2,(H2,26,27,30,31)/t20-,24-/m1/s1. The predicted octanol–water partition coefficient (Wildman–Crippen LogP) is 2.49. The molecular formula is C24H24FN3O4. The second-order valence-corrected chi connectivity index (χ2v) is 8.72. The van der Waals surface area contributed by atoms with Gasteiger partial charge >= 0.3 is 6.03 Å². The van der Waals surface area contributed by atoms with Crippen molar-refractivity contribution in [3.05, 3.63) is 65.5 Å². The molecule has 0 saturated carbocycles. The number of piperidine rings is 1. The molecule has 0 aromatic heterocycles. The molecule has 5 rings (SSSR count). The molecule has 4 amide bonds. The Kier molecular flexibility index (Phi) is 5.07. The lowest BCUT2D eigenvalue weighted by atomic mass is 9.81. The van der Waals surface area contributed by atoms with Crippen LogP contribution in [0.1, 0.15) is 30.4 Å². The number of amides is 4. The van der Waals surface area contributed by atoms with Crippen LogP contribution in [0.4, 0.5) is 9.18 Å². The van der Waals surface area contributed by atoms with Crippen molar-refractivity contribution in [3.63, 3.8) is 0 Å². The van der Waals surface area contributed by atoms with E-state index >= 15 is 0 Å². The second kappa shape index (κ2) is 7.93. The van der Waals surface area contributed by atoms with Crippen LogP contribution < -0.4 is 15.4 Å². The van der Waals surface area contributed by atoms with Gasteiger partial charge in [-0.05, 0) is 48.9 Å². The van der Waals surface area contributed by atoms with Crippen LogP contribution in [0.2, 0.25) is 0 Å². The first-order valence-electron chi connectivity index (χ1n) is 10.9. The quantitative estimate of drug-likeness (QED) is 0.723. The van der Waals surface area contributed by atoms with E-state index in [1.54, 1.807) is 4.90 Å². The van der Waals surface area contributed by atoms with Gasteiger partial charge < -0.3 is 15.0 Å². The van der Waals surface area contributed by atoms with Crippen LogP contribution in [0, 0.1) is 11.7 Å². The maximum atomic E-state index is 13.9. The molecule has 0 aliphatic carbocycles. The van der Waals surface area contributed by atoms with Gasteiger partial charge in [-0.3, -0.25) is 14.9 Å². The SMILES string of the molecule is O=C1NC(=O)[C@]2(C[C@H](C(=O)N3CCC(Cc4ccccc4)CC3)Oc3ccc(F)cc32)N1. The number of carbonyl (C=O) groups is 3. The molecule has 2 N–H and O–H groups in total. The highest BCUT2D eigenvalue weighted by atomic mass is 19.1. The van der Waals surface area contributed by atoms with Crippen LogP contribution in [0.25, 0.3) is 0 Å². The summed E-state index contributed by atoms with van der Waals surface area (Å²) in [5, 5.41) is 4.82. The van der Waals surface area contributed by atoms with Crippen LogP contribution in [0.5, 0.6) is 5.75 Å². The minimum Gasteiger partial charge on any atom is -0.480 e. The van der Waals surface area contributed by atoms with E-state index in [1.807, 2.05) is 18.2 Å². The van der Waals surface area contributed by atoms with Gasteiger partial charge in [-0.25, -0.2) is 9.18 Å². The topological polar surface area (TPSA) is 87.7 Å². The largest absolute Gasteiger partial charge is 0.480 e. The van der Waals surface area contributed by atoms with Gasteiger partial charge in [0.15, 0.2) is 11.6 Å². The average Bonchev–Trinajstić information content (AvgIpc) is 3.08. The molecule has 2 atom stereocenters. The number of carbonyl (C=O) groups excluding carboxylic acids is 3. The summed E-state index contributed by atoms with van der Waals surface area (Å²) in [6, 6.07) is 13.4. The van der Waals surface area contributed by atoms with E-state index in [0.29, 0.717) is 19.0 Å². The van der Waals surface area contributed by atoms with Gasteiger partial charge in [-0.15, -0.1) is 0 Å². The Hall–Kier alpha value is -3.42. The fourth-order valence-electron chi connectivity index (χ4n) is 4.99. The fourth-order valence-corrected chi connectivity index (χ4v) is 4.99. The molecule has 7 nitrogen and oxygen atoms in total. The Morgan fingerprint density at radius 1 is 1.12 bits per heavy atom. The zero-order valence-corrected chi connectivity index (χ0v) is 17.5. The normalized spacial score (nSPS) is 25.2. The average molecular weight is 437 g/mol. The number of nitrogens with one attached hydrogen (secondary N) is 2. The first-order valence-corrected chi connectivity index (χ1v) is 10.9. The van der Waals surface area contributed by atoms with Gasteiger partial charge in [0.1, 0.15) is 11.6 Å². The summed E-state index contributed by atoms with van der Waals surface area (Å²) in [4.78, 5) is 39.7. The summed E-state index contributed by atoms with van der Waals surface area (Å²) >= 11 is 0. The summed E-state index contributed by atoms with van der Waals surface area (Å²) in [5.74, 6) is -0.634. The van der Waals surface area contributed by atoms with Crippen molar-refractivity contribution >= 4 is 17.8 Å². The molecule has 3 heterocycles. The van der Waals surface area contributed by atoms with Crippen molar-refractivity contribution < 1.29 is 23.5 Å². The number of halogens is 1. The third-order valence-electron chi connectivity index (χ3n) is 6.67. The van der Waals surface area contributed by atoms with Gasteiger partial charge in [0, 0.05) is 25.1 Å². The van der Waals surface area contributed by atoms with Gasteiger partial charge in [0.25, 0.3) is 11.8 Å². The molecule has 2 aromatic carbocycles. The third-order valence-corrected chi connectivity index (χ3v) is 6.67. The number of nitrogens with zero attached hydrogens (tertiary/aromatic N) is 1. The van der Waals surface area contributed by atoms with E-state index in [0.717, 1.165) is 19.3 Å². The molecule has 2 saturated heterocycles. The lowest BCUT2D eigenvalue weighted by molar-refractivity contribution is -0.143. The Bertz CT molecular complexity index is 1070. The number of urea groups is 1. The lowest BCUT2D eigenvalue weighted by Gasteiger charge is -2.40. The number of ether oxygens (including phenoxy) is 1. The number of likely N-dealkylation sites (tertiary alicyclic amines) is 1. The van der Waals surface area contributed by atoms with E-state index in [1.165, 1.54) is 23.8 Å². The Labute approximate surface area is 184 Å². The molecule has 3 aliphatic rings. The third kappa shape index (κ3) is 3.59. The zero-order chi connectivity index (χ0) is 22.3. The van der Waals surface area contributed by atoms with Gasteiger partial charge in [-0.2, -0.15) is 0 Å². The first kappa shape index (κ1) is 20.5. The fraction of sp³-hybridized carbons (Fsp3) is 0.375. The van der Waals surface area contributed by atoms with Crippen molar-refractivity contribution in [2.24, 2.45) is 5.92 Å². The molecular weight excluding hydrogens is 413 g/mol. The van der Waals surface area contributed by atoms with E-state index in [9.17, 15) is 18.8 Å². The Balaban J connectivity index is 1.31. The van der Waals surface area contributed by atoms with E-state index in [2.05, 4.69) is 22.8 Å². The summed E-state index contributed by atoms with van der Waals surface area (Å²) in [7, 11) is 0. The summed E-state index contributed by atoms with van der Waals surface area (Å²) < 4.78 is 19.8. The van der Waals surface area contributed by atoms with Crippen LogP contribution in [-0.4, -0.2) is 41.9 Å². The molecule has 32 heavy (non-hydrogen) atoms. The summed E-state index contributed by atoms with van der Waals surface area (Å²) in [6.07, 6.45) is 1.73. The molecule has 8 heteroatoms. The molecule has 0 unspecified atom stereocenters. The van der Waals surface area contributed by atoms with Crippen LogP contribution >= 0.6 is 0 Å². The van der Waals surface area contributed by atoms with Crippen molar-refractivity contribution in [1.82, 2.24) is 15.5 Å². The molecule has 2 aromatic rings. The number of hydrogen-bond donors (Lipinski definition) is 2. The number of hydrogen-bond acceptors (Lipinski definition) is 4. The number of benzene rings is 2. The highest BCUT2D eigenvalue weighted by molar-refractivity contribution is 6.08. The molecule has 0 radical (unpaired) electrons. The van der Waals surface area contributed by atoms with Crippen molar-refractivity contribution in [1.29, 1.82) is 0 Å². The Morgan fingerprint density at radius 2 is 1.88 bits per heavy atom. The molecule has 0 bridgehead atoms. The Morgan fingerprint density at radius 3 is 2.56 bits per heavy atom. The van der Waals surface area contributed by atoms with Crippen LogP contribution in [0.3, 0.4) is 0 Å². The van der Waals surface area contributed by atoms with Crippen LogP contribution in [0.15, 0.2) is 48.5 Å². The molecule has 2 fully saturated rings. The second-order valence-electron chi connectivity index (χ2n) is 8.72. The monoisotopic (exact) mass is 437 g/mol. The van der Waals surface area contributed by atoms with E-state index in [-0.39, 0.29) is 23.6 Å². The van der Waals surface area contributed by atoms with E-state index in [4.69, 9.17) is 4.74 Å². The van der Waals surface area contributed by atoms with E-state index < -0.39 is 29.4 Å². The van der Waals surface area contributed by atoms with Crippen molar-refractivity contribution in [2.45, 2.75) is 37.3 Å². The van der Waals surface area contributed by atoms with Crippen LogP contribution in [-0.2, 0) is 21.5 Å². The molecule has 3 aliphatic heterocycles. The minimum absolute atomic E-state index is 0.0796.